The number of nitrogen functional groups attached to an aromatic ring is 1. The molecule has 11 nitrogen and oxygen atoms in total. The van der Waals surface area contributed by atoms with Crippen molar-refractivity contribution in [3.05, 3.63) is 82.3 Å². The number of hydrogen-bond donors (Lipinski definition) is 2. The van der Waals surface area contributed by atoms with E-state index in [-0.39, 0.29) is 42.1 Å². The van der Waals surface area contributed by atoms with Crippen LogP contribution in [-0.4, -0.2) is 35.3 Å². The Morgan fingerprint density at radius 2 is 1.98 bits per heavy atom. The van der Waals surface area contributed by atoms with Crippen LogP contribution in [0.2, 0.25) is 0 Å². The number of hydrogen-bond acceptors (Lipinski definition) is 9. The molecule has 2 aromatic carbocycles. The number of halogens is 1. The van der Waals surface area contributed by atoms with Crippen LogP contribution in [0.15, 0.2) is 59.8 Å². The van der Waals surface area contributed by atoms with E-state index in [0.29, 0.717) is 33.8 Å². The van der Waals surface area contributed by atoms with Crippen molar-refractivity contribution in [2.75, 3.05) is 11.1 Å². The first kappa shape index (κ1) is 29.9. The summed E-state index contributed by atoms with van der Waals surface area (Å²) in [6.07, 6.45) is 11.1. The fourth-order valence-electron chi connectivity index (χ4n) is 5.46. The number of nitrogens with one attached hydrogen (secondary N) is 1. The first-order valence-corrected chi connectivity index (χ1v) is 15.2. The summed E-state index contributed by atoms with van der Waals surface area (Å²) in [6, 6.07) is 10.3. The highest BCUT2D eigenvalue weighted by Crippen LogP contribution is 2.41. The number of benzene rings is 2. The molecule has 0 atom stereocenters. The molecule has 1 saturated carbocycles. The molecule has 3 N–H and O–H groups in total. The smallest absolute Gasteiger partial charge is 0.306 e. The number of ether oxygens (including phenoxy) is 1. The highest BCUT2D eigenvalue weighted by Gasteiger charge is 2.26. The van der Waals surface area contributed by atoms with Crippen LogP contribution in [0.4, 0.5) is 22.0 Å². The van der Waals surface area contributed by atoms with Crippen LogP contribution in [-0.2, 0) is 23.2 Å². The van der Waals surface area contributed by atoms with E-state index >= 15 is 4.39 Å². The summed E-state index contributed by atoms with van der Waals surface area (Å²) in [5.41, 5.74) is 8.48. The molecule has 0 spiro atoms. The molecular formula is C33H35FN8O3. The number of nitrogens with two attached hydrogens (primary N) is 1. The van der Waals surface area contributed by atoms with Gasteiger partial charge in [-0.05, 0) is 54.3 Å². The molecule has 1 aliphatic carbocycles. The van der Waals surface area contributed by atoms with Crippen molar-refractivity contribution in [3.8, 4) is 17.1 Å². The predicted octanol–water partition coefficient (Wildman–Crippen LogP) is 5.93. The highest BCUT2D eigenvalue weighted by molar-refractivity contribution is 5.84. The van der Waals surface area contributed by atoms with E-state index in [1.807, 2.05) is 6.07 Å². The maximum atomic E-state index is 15.4. The van der Waals surface area contributed by atoms with Crippen molar-refractivity contribution in [2.24, 2.45) is 7.05 Å². The van der Waals surface area contributed by atoms with Gasteiger partial charge in [-0.2, -0.15) is 20.1 Å². The highest BCUT2D eigenvalue weighted by atomic mass is 19.1. The number of aromatic nitrogens is 6. The number of carbonyl (C=O) groups excluding carboxylic acids is 1. The van der Waals surface area contributed by atoms with Crippen LogP contribution in [0, 0.1) is 5.82 Å². The van der Waals surface area contributed by atoms with Gasteiger partial charge < -0.3 is 15.8 Å². The summed E-state index contributed by atoms with van der Waals surface area (Å²) in [6.45, 7) is 1.94. The topological polar surface area (TPSA) is 143 Å². The summed E-state index contributed by atoms with van der Waals surface area (Å²) in [7, 11) is 1.79. The Morgan fingerprint density at radius 3 is 2.73 bits per heavy atom. The van der Waals surface area contributed by atoms with Gasteiger partial charge >= 0.3 is 5.97 Å². The summed E-state index contributed by atoms with van der Waals surface area (Å²) >= 11 is 0. The lowest BCUT2D eigenvalue weighted by atomic mass is 10.0. The average molecular weight is 611 g/mol. The molecule has 3 heterocycles. The van der Waals surface area contributed by atoms with Crippen molar-refractivity contribution < 1.29 is 13.9 Å². The van der Waals surface area contributed by atoms with Gasteiger partial charge in [0, 0.05) is 37.0 Å². The molecule has 0 aliphatic heterocycles. The lowest BCUT2D eigenvalue weighted by molar-refractivity contribution is -0.145. The number of anilines is 3. The van der Waals surface area contributed by atoms with Gasteiger partial charge in [-0.25, -0.2) is 4.39 Å². The average Bonchev–Trinajstić information content (AvgIpc) is 3.79. The molecule has 12 heteroatoms. The maximum Gasteiger partial charge on any atom is 0.306 e. The second-order valence-electron chi connectivity index (χ2n) is 11.4. The van der Waals surface area contributed by atoms with Crippen LogP contribution < -0.4 is 16.6 Å². The second-order valence-corrected chi connectivity index (χ2v) is 11.4. The normalized spacial score (nSPS) is 12.9. The standard InChI is InChI=1S/C33H35FN8O3/c1-3-4-5-6-10-28(43)45-19-25-24(30-38-32(35)40-33(39-30)37-23-17-36-41(2)18-23)8-7-9-27(25)42-14-13-21-15-22(20-11-12-20)16-26(34)29(21)31(42)44/h7-9,13-18,20H,3-6,10-12,19H2,1-2H3,(H3,35,37,38,39,40). The molecule has 1 fully saturated rings. The first-order chi connectivity index (χ1) is 21.8. The van der Waals surface area contributed by atoms with Gasteiger partial charge in [0.2, 0.25) is 11.9 Å². The van der Waals surface area contributed by atoms with Gasteiger partial charge in [-0.1, -0.05) is 44.4 Å². The Bertz CT molecular complexity index is 1930. The Morgan fingerprint density at radius 1 is 1.13 bits per heavy atom. The van der Waals surface area contributed by atoms with Crippen LogP contribution in [0.1, 0.15) is 68.9 Å². The van der Waals surface area contributed by atoms with E-state index in [0.717, 1.165) is 44.1 Å². The third kappa shape index (κ3) is 6.69. The molecule has 0 amide bonds. The zero-order chi connectivity index (χ0) is 31.5. The molecule has 45 heavy (non-hydrogen) atoms. The van der Waals surface area contributed by atoms with E-state index < -0.39 is 11.4 Å². The zero-order valence-electron chi connectivity index (χ0n) is 25.3. The molecule has 0 saturated heterocycles. The Hall–Kier alpha value is -5.13. The largest absolute Gasteiger partial charge is 0.461 e. The monoisotopic (exact) mass is 610 g/mol. The van der Waals surface area contributed by atoms with Crippen LogP contribution in [0.25, 0.3) is 27.8 Å². The summed E-state index contributed by atoms with van der Waals surface area (Å²) in [4.78, 5) is 39.7. The lowest BCUT2D eigenvalue weighted by Gasteiger charge is -2.17. The lowest BCUT2D eigenvalue weighted by Crippen LogP contribution is -2.21. The van der Waals surface area contributed by atoms with Gasteiger partial charge in [-0.15, -0.1) is 0 Å². The fraction of sp³-hybridized carbons (Fsp3) is 0.333. The summed E-state index contributed by atoms with van der Waals surface area (Å²) in [5, 5.41) is 7.76. The molecule has 1 aliphatic rings. The van der Waals surface area contributed by atoms with E-state index in [9.17, 15) is 9.59 Å². The SMILES string of the molecule is CCCCCCC(=O)OCc1c(-c2nc(N)nc(Nc3cnn(C)c3)n2)cccc1-n1ccc2cc(C3CC3)cc(F)c2c1=O. The van der Waals surface area contributed by atoms with Gasteiger partial charge in [-0.3, -0.25) is 18.8 Å². The fourth-order valence-corrected chi connectivity index (χ4v) is 5.46. The van der Waals surface area contributed by atoms with E-state index in [2.05, 4.69) is 32.3 Å². The summed E-state index contributed by atoms with van der Waals surface area (Å²) < 4.78 is 24.1. The first-order valence-electron chi connectivity index (χ1n) is 15.2. The number of esters is 1. The Kier molecular flexibility index (Phi) is 8.54. The van der Waals surface area contributed by atoms with Crippen molar-refractivity contribution in [2.45, 2.75) is 64.4 Å². The van der Waals surface area contributed by atoms with E-state index in [1.54, 1.807) is 54.6 Å². The van der Waals surface area contributed by atoms with Crippen molar-refractivity contribution in [1.29, 1.82) is 0 Å². The minimum absolute atomic E-state index is 0.00136. The quantitative estimate of drug-likeness (QED) is 0.130. The molecule has 3 aromatic heterocycles. The zero-order valence-corrected chi connectivity index (χ0v) is 25.3. The van der Waals surface area contributed by atoms with Gasteiger partial charge in [0.1, 0.15) is 12.4 Å². The predicted molar refractivity (Wildman–Crippen MR) is 170 cm³/mol. The molecule has 5 aromatic rings. The molecule has 0 radical (unpaired) electrons. The Balaban J connectivity index is 1.42. The third-order valence-electron chi connectivity index (χ3n) is 7.91. The molecule has 0 unspecified atom stereocenters. The number of rotatable bonds is 12. The van der Waals surface area contributed by atoms with Gasteiger partial charge in [0.05, 0.1) is 23.0 Å². The van der Waals surface area contributed by atoms with Crippen LogP contribution in [0.5, 0.6) is 0 Å². The minimum atomic E-state index is -0.554. The summed E-state index contributed by atoms with van der Waals surface area (Å²) in [5.74, 6) is -0.208. The van der Waals surface area contributed by atoms with E-state index in [4.69, 9.17) is 10.5 Å². The Labute approximate surface area is 259 Å². The molecule has 6 rings (SSSR count). The van der Waals surface area contributed by atoms with Crippen LogP contribution in [0.3, 0.4) is 0 Å². The number of aryl methyl sites for hydroxylation is 1. The number of fused-ring (bicyclic) bond motifs is 1. The number of unbranched alkanes of at least 4 members (excludes halogenated alkanes) is 3. The number of pyridine rings is 1. The third-order valence-corrected chi connectivity index (χ3v) is 7.91. The molecule has 232 valence electrons. The van der Waals surface area contributed by atoms with Crippen molar-refractivity contribution in [1.82, 2.24) is 29.3 Å². The van der Waals surface area contributed by atoms with Gasteiger partial charge in [0.15, 0.2) is 5.82 Å². The molecular weight excluding hydrogens is 575 g/mol. The van der Waals surface area contributed by atoms with Crippen molar-refractivity contribution in [3.63, 3.8) is 0 Å². The number of carbonyl (C=O) groups is 1. The van der Waals surface area contributed by atoms with Gasteiger partial charge in [0.25, 0.3) is 5.56 Å². The maximum absolute atomic E-state index is 15.4. The minimum Gasteiger partial charge on any atom is -0.461 e. The molecule has 0 bridgehead atoms. The van der Waals surface area contributed by atoms with E-state index in [1.165, 1.54) is 10.6 Å². The van der Waals surface area contributed by atoms with Crippen molar-refractivity contribution >= 4 is 34.3 Å². The van der Waals surface area contributed by atoms with Crippen LogP contribution >= 0.6 is 0 Å². The second kappa shape index (κ2) is 12.8. The number of nitrogens with zero attached hydrogens (tertiary/aromatic N) is 6.